The molecule has 3 rings (SSSR count). The molecule has 8 nitrogen and oxygen atoms in total. The molecule has 1 aliphatic rings. The van der Waals surface area contributed by atoms with Crippen molar-refractivity contribution in [2.24, 2.45) is 10.1 Å². The molecule has 2 unspecified atom stereocenters. The summed E-state index contributed by atoms with van der Waals surface area (Å²) in [5.74, 6) is -1.31. The summed E-state index contributed by atoms with van der Waals surface area (Å²) >= 11 is 1.20. The van der Waals surface area contributed by atoms with Gasteiger partial charge in [-0.3, -0.25) is 15.1 Å². The van der Waals surface area contributed by atoms with Crippen LogP contribution < -0.4 is 10.6 Å². The average molecular weight is 515 g/mol. The molecule has 190 valence electrons. The molecule has 2 aromatic carbocycles. The van der Waals surface area contributed by atoms with E-state index in [1.807, 2.05) is 36.5 Å². The van der Waals surface area contributed by atoms with Crippen LogP contribution in [0.2, 0.25) is 0 Å². The van der Waals surface area contributed by atoms with Crippen molar-refractivity contribution in [2.75, 3.05) is 20.2 Å². The lowest BCUT2D eigenvalue weighted by molar-refractivity contribution is -0.146. The lowest BCUT2D eigenvalue weighted by Crippen LogP contribution is -2.46. The number of nitriles is 1. The van der Waals surface area contributed by atoms with E-state index in [9.17, 15) is 13.6 Å². The molecule has 1 heterocycles. The summed E-state index contributed by atoms with van der Waals surface area (Å²) in [6.45, 7) is 4.19. The molecule has 0 saturated heterocycles. The number of guanidine groups is 1. The van der Waals surface area contributed by atoms with Crippen molar-refractivity contribution in [3.05, 3.63) is 71.3 Å². The highest BCUT2D eigenvalue weighted by Gasteiger charge is 2.49. The predicted octanol–water partition coefficient (Wildman–Crippen LogP) is 3.91. The van der Waals surface area contributed by atoms with Crippen molar-refractivity contribution >= 4 is 28.7 Å². The van der Waals surface area contributed by atoms with Crippen molar-refractivity contribution in [3.63, 3.8) is 0 Å². The molecular formula is C25H28F2N6O2S. The second-order valence-electron chi connectivity index (χ2n) is 7.87. The van der Waals surface area contributed by atoms with Gasteiger partial charge in [-0.25, -0.2) is 13.8 Å². The molecule has 1 amide bonds. The molecule has 11 heteroatoms. The Morgan fingerprint density at radius 3 is 2.72 bits per heavy atom. The second-order valence-corrected chi connectivity index (χ2v) is 9.13. The van der Waals surface area contributed by atoms with Crippen LogP contribution in [0.5, 0.6) is 0 Å². The SMILES string of the molecule is CCOC(C)C(=O)N1N=C(c2cc(F)ccc2F)SC1(CCCNC(=NC)NC#N)c1ccccc1. The van der Waals surface area contributed by atoms with Crippen molar-refractivity contribution in [3.8, 4) is 6.19 Å². The second kappa shape index (κ2) is 12.5. The highest BCUT2D eigenvalue weighted by atomic mass is 32.2. The number of hydrogen-bond acceptors (Lipinski definition) is 6. The molecule has 0 spiro atoms. The van der Waals surface area contributed by atoms with E-state index in [2.05, 4.69) is 20.7 Å². The van der Waals surface area contributed by atoms with E-state index in [0.717, 1.165) is 23.8 Å². The Morgan fingerprint density at radius 2 is 2.06 bits per heavy atom. The van der Waals surface area contributed by atoms with Gasteiger partial charge in [-0.1, -0.05) is 42.1 Å². The maximum Gasteiger partial charge on any atom is 0.273 e. The topological polar surface area (TPSA) is 102 Å². The molecule has 2 atom stereocenters. The van der Waals surface area contributed by atoms with Gasteiger partial charge in [0.25, 0.3) is 5.91 Å². The van der Waals surface area contributed by atoms with Gasteiger partial charge in [0.1, 0.15) is 27.7 Å². The fourth-order valence-electron chi connectivity index (χ4n) is 3.83. The fraction of sp³-hybridized carbons (Fsp3) is 0.360. The molecule has 0 aromatic heterocycles. The first-order valence-electron chi connectivity index (χ1n) is 11.5. The number of benzene rings is 2. The van der Waals surface area contributed by atoms with Crippen LogP contribution in [-0.2, 0) is 14.4 Å². The number of nitrogens with one attached hydrogen (secondary N) is 2. The summed E-state index contributed by atoms with van der Waals surface area (Å²) in [6.07, 6.45) is 1.97. The van der Waals surface area contributed by atoms with Gasteiger partial charge in [-0.2, -0.15) is 10.4 Å². The minimum Gasteiger partial charge on any atom is -0.369 e. The number of amides is 1. The minimum atomic E-state index is -1.04. The molecule has 0 saturated carbocycles. The molecule has 0 radical (unpaired) electrons. The quantitative estimate of drug-likeness (QED) is 0.173. The summed E-state index contributed by atoms with van der Waals surface area (Å²) in [4.78, 5) is 16.5. The number of nitrogens with zero attached hydrogens (tertiary/aromatic N) is 4. The van der Waals surface area contributed by atoms with Gasteiger partial charge in [0.15, 0.2) is 6.19 Å². The molecule has 1 aliphatic heterocycles. The number of hydrazone groups is 1. The van der Waals surface area contributed by atoms with Crippen LogP contribution >= 0.6 is 11.8 Å². The normalized spacial score (nSPS) is 18.4. The number of ether oxygens (including phenoxy) is 1. The molecule has 36 heavy (non-hydrogen) atoms. The summed E-state index contributed by atoms with van der Waals surface area (Å²) in [7, 11) is 1.55. The number of rotatable bonds is 9. The number of hydrogen-bond donors (Lipinski definition) is 2. The van der Waals surface area contributed by atoms with Crippen LogP contribution in [0.25, 0.3) is 0 Å². The lowest BCUT2D eigenvalue weighted by Gasteiger charge is -2.37. The van der Waals surface area contributed by atoms with Gasteiger partial charge in [-0.05, 0) is 50.5 Å². The Balaban J connectivity index is 2.02. The Labute approximate surface area is 213 Å². The van der Waals surface area contributed by atoms with Crippen molar-refractivity contribution in [1.29, 1.82) is 5.26 Å². The third-order valence-electron chi connectivity index (χ3n) is 5.54. The van der Waals surface area contributed by atoms with E-state index in [1.54, 1.807) is 20.9 Å². The Bertz CT molecular complexity index is 1170. The van der Waals surface area contributed by atoms with Gasteiger partial charge < -0.3 is 10.1 Å². The summed E-state index contributed by atoms with van der Waals surface area (Å²) < 4.78 is 34.3. The zero-order valence-electron chi connectivity index (χ0n) is 20.3. The fourth-order valence-corrected chi connectivity index (χ4v) is 5.26. The molecule has 0 bridgehead atoms. The minimum absolute atomic E-state index is 0.0172. The largest absolute Gasteiger partial charge is 0.369 e. The maximum atomic E-state index is 14.7. The number of thioether (sulfide) groups is 1. The lowest BCUT2D eigenvalue weighted by atomic mass is 9.99. The monoisotopic (exact) mass is 514 g/mol. The standard InChI is InChI=1S/C25H28F2N6O2S/c1-4-35-17(2)23(34)33-25(18-9-6-5-7-10-18,13-8-14-30-24(29-3)31-16-28)36-22(32-33)20-15-19(26)11-12-21(20)27/h5-7,9-12,15,17H,4,8,13-14H2,1-3H3,(H2,29,30,31). The van der Waals surface area contributed by atoms with E-state index in [-0.39, 0.29) is 10.6 Å². The van der Waals surface area contributed by atoms with E-state index in [4.69, 9.17) is 10.00 Å². The highest BCUT2D eigenvalue weighted by molar-refractivity contribution is 8.15. The van der Waals surface area contributed by atoms with Crippen LogP contribution in [0.15, 0.2) is 58.6 Å². The van der Waals surface area contributed by atoms with Gasteiger partial charge in [0.05, 0.1) is 0 Å². The number of aliphatic imine (C=N–C) groups is 1. The van der Waals surface area contributed by atoms with Gasteiger partial charge >= 0.3 is 0 Å². The van der Waals surface area contributed by atoms with Crippen LogP contribution in [0, 0.1) is 23.1 Å². The number of carbonyl (C=O) groups is 1. The van der Waals surface area contributed by atoms with Crippen molar-refractivity contribution in [1.82, 2.24) is 15.6 Å². The first kappa shape index (κ1) is 27.1. The summed E-state index contributed by atoms with van der Waals surface area (Å²) in [5, 5.41) is 20.4. The van der Waals surface area contributed by atoms with E-state index >= 15 is 0 Å². The number of carbonyl (C=O) groups excluding carboxylic acids is 1. The Kier molecular flexibility index (Phi) is 9.38. The molecule has 0 aliphatic carbocycles. The van der Waals surface area contributed by atoms with Gasteiger partial charge in [-0.15, -0.1) is 0 Å². The predicted molar refractivity (Wildman–Crippen MR) is 136 cm³/mol. The smallest absolute Gasteiger partial charge is 0.273 e. The van der Waals surface area contributed by atoms with Crippen LogP contribution in [0.4, 0.5) is 8.78 Å². The third kappa shape index (κ3) is 6.01. The van der Waals surface area contributed by atoms with Crippen LogP contribution in [0.3, 0.4) is 0 Å². The van der Waals surface area contributed by atoms with Crippen LogP contribution in [0.1, 0.15) is 37.8 Å². The van der Waals surface area contributed by atoms with E-state index in [0.29, 0.717) is 32.0 Å². The number of halogens is 2. The Hall–Kier alpha value is -3.49. The van der Waals surface area contributed by atoms with Crippen molar-refractivity contribution < 1.29 is 18.3 Å². The molecular weight excluding hydrogens is 486 g/mol. The van der Waals surface area contributed by atoms with Gasteiger partial charge in [0.2, 0.25) is 5.96 Å². The van der Waals surface area contributed by atoms with Crippen molar-refractivity contribution in [2.45, 2.75) is 37.7 Å². The van der Waals surface area contributed by atoms with Crippen LogP contribution in [-0.4, -0.2) is 48.2 Å². The molecule has 2 N–H and O–H groups in total. The van der Waals surface area contributed by atoms with E-state index < -0.39 is 28.5 Å². The maximum absolute atomic E-state index is 14.7. The average Bonchev–Trinajstić information content (AvgIpc) is 3.28. The zero-order valence-corrected chi connectivity index (χ0v) is 21.1. The first-order chi connectivity index (χ1) is 17.4. The first-order valence-corrected chi connectivity index (χ1v) is 12.3. The molecule has 0 fully saturated rings. The van der Waals surface area contributed by atoms with E-state index in [1.165, 1.54) is 16.8 Å². The highest BCUT2D eigenvalue weighted by Crippen LogP contribution is 2.50. The zero-order chi connectivity index (χ0) is 26.1. The third-order valence-corrected chi connectivity index (χ3v) is 6.98. The summed E-state index contributed by atoms with van der Waals surface area (Å²) in [6, 6.07) is 12.5. The summed E-state index contributed by atoms with van der Waals surface area (Å²) in [5.41, 5.74) is 0.763. The Morgan fingerprint density at radius 1 is 1.31 bits per heavy atom. The molecule has 2 aromatic rings. The van der Waals surface area contributed by atoms with Gasteiger partial charge in [0, 0.05) is 25.8 Å².